The summed E-state index contributed by atoms with van der Waals surface area (Å²) in [5, 5.41) is 0. The summed E-state index contributed by atoms with van der Waals surface area (Å²) < 4.78 is 0. The molecule has 0 aliphatic carbocycles. The molecule has 0 bridgehead atoms. The average molecular weight is 274 g/mol. The third kappa shape index (κ3) is 16.6. The molecule has 0 fully saturated rings. The highest BCUT2D eigenvalue weighted by molar-refractivity contribution is 5.75. The molecule has 0 N–H and O–H groups in total. The molecular formula is C19H30O. The number of unbranched alkanes of at least 4 members (excludes halogenated alkanes) is 4. The fourth-order valence-corrected chi connectivity index (χ4v) is 1.77. The van der Waals surface area contributed by atoms with Crippen LogP contribution in [0.4, 0.5) is 0 Å². The molecule has 0 aliphatic rings. The lowest BCUT2D eigenvalue weighted by atomic mass is 10.1. The maximum Gasteiger partial charge on any atom is 0.129 e. The minimum Gasteiger partial charge on any atom is -0.300 e. The number of hydrogen-bond acceptors (Lipinski definition) is 1. The largest absolute Gasteiger partial charge is 0.300 e. The summed E-state index contributed by atoms with van der Waals surface area (Å²) in [7, 11) is 0. The molecule has 0 atom stereocenters. The summed E-state index contributed by atoms with van der Waals surface area (Å²) in [6.45, 7) is 3.72. The number of ketones is 1. The summed E-state index contributed by atoms with van der Waals surface area (Å²) in [6, 6.07) is 0. The van der Waals surface area contributed by atoms with Gasteiger partial charge in [-0.1, -0.05) is 48.6 Å². The molecule has 0 aromatic carbocycles. The van der Waals surface area contributed by atoms with E-state index in [2.05, 4.69) is 55.5 Å². The number of hydrogen-bond donors (Lipinski definition) is 0. The molecule has 0 aromatic rings. The predicted octanol–water partition coefficient (Wildman–Crippen LogP) is 5.94. The number of carbonyl (C=O) groups excluding carboxylic acids is 1. The van der Waals surface area contributed by atoms with Gasteiger partial charge >= 0.3 is 0 Å². The molecule has 0 saturated carbocycles. The second-order valence-corrected chi connectivity index (χ2v) is 5.00. The maximum atomic E-state index is 10.7. The first-order chi connectivity index (χ1) is 9.77. The fourth-order valence-electron chi connectivity index (χ4n) is 1.77. The fraction of sp³-hybridized carbons (Fsp3) is 0.526. The smallest absolute Gasteiger partial charge is 0.129 e. The van der Waals surface area contributed by atoms with Gasteiger partial charge in [-0.25, -0.2) is 0 Å². The molecule has 0 heterocycles. The molecule has 20 heavy (non-hydrogen) atoms. The van der Waals surface area contributed by atoms with Crippen LogP contribution in [0.3, 0.4) is 0 Å². The van der Waals surface area contributed by atoms with E-state index in [4.69, 9.17) is 0 Å². The van der Waals surface area contributed by atoms with Gasteiger partial charge in [0.25, 0.3) is 0 Å². The third-order valence-corrected chi connectivity index (χ3v) is 2.94. The molecule has 0 aliphatic heterocycles. The zero-order chi connectivity index (χ0) is 14.9. The predicted molar refractivity (Wildman–Crippen MR) is 89.9 cm³/mol. The van der Waals surface area contributed by atoms with Crippen LogP contribution in [0, 0.1) is 0 Å². The van der Waals surface area contributed by atoms with Crippen molar-refractivity contribution in [3.05, 3.63) is 48.6 Å². The van der Waals surface area contributed by atoms with Crippen LogP contribution in [-0.4, -0.2) is 5.78 Å². The van der Waals surface area contributed by atoms with E-state index in [0.29, 0.717) is 5.78 Å². The van der Waals surface area contributed by atoms with Crippen molar-refractivity contribution in [1.29, 1.82) is 0 Å². The first-order valence-electron chi connectivity index (χ1n) is 7.84. The van der Waals surface area contributed by atoms with E-state index in [9.17, 15) is 4.79 Å². The van der Waals surface area contributed by atoms with Crippen molar-refractivity contribution < 1.29 is 4.79 Å². The van der Waals surface area contributed by atoms with Gasteiger partial charge < -0.3 is 4.79 Å². The lowest BCUT2D eigenvalue weighted by Gasteiger charge is -1.92. The highest BCUT2D eigenvalue weighted by Crippen LogP contribution is 2.02. The molecule has 1 nitrogen and oxygen atoms in total. The normalized spacial score (nSPS) is 12.5. The van der Waals surface area contributed by atoms with Crippen LogP contribution in [-0.2, 0) is 4.79 Å². The van der Waals surface area contributed by atoms with E-state index in [-0.39, 0.29) is 0 Å². The molecule has 0 radical (unpaired) electrons. The first kappa shape index (κ1) is 18.6. The Hall–Kier alpha value is -1.37. The van der Waals surface area contributed by atoms with Crippen molar-refractivity contribution in [2.45, 2.75) is 65.2 Å². The monoisotopic (exact) mass is 274 g/mol. The van der Waals surface area contributed by atoms with Crippen molar-refractivity contribution in [2.24, 2.45) is 0 Å². The van der Waals surface area contributed by atoms with Gasteiger partial charge in [-0.15, -0.1) is 0 Å². The Balaban J connectivity index is 3.36. The van der Waals surface area contributed by atoms with Crippen LogP contribution >= 0.6 is 0 Å². The quantitative estimate of drug-likeness (QED) is 0.244. The van der Waals surface area contributed by atoms with Gasteiger partial charge in [-0.05, 0) is 58.8 Å². The van der Waals surface area contributed by atoms with Crippen molar-refractivity contribution in [2.75, 3.05) is 0 Å². The zero-order valence-corrected chi connectivity index (χ0v) is 13.2. The number of rotatable bonds is 12. The second-order valence-electron chi connectivity index (χ2n) is 5.00. The molecule has 0 rings (SSSR count). The van der Waals surface area contributed by atoms with Crippen LogP contribution in [0.5, 0.6) is 0 Å². The topological polar surface area (TPSA) is 17.1 Å². The van der Waals surface area contributed by atoms with E-state index in [1.54, 1.807) is 6.92 Å². The van der Waals surface area contributed by atoms with Gasteiger partial charge in [-0.2, -0.15) is 0 Å². The molecule has 0 saturated heterocycles. The summed E-state index contributed by atoms with van der Waals surface area (Å²) in [6.07, 6.45) is 25.9. The highest BCUT2D eigenvalue weighted by atomic mass is 16.1. The van der Waals surface area contributed by atoms with Crippen LogP contribution < -0.4 is 0 Å². The van der Waals surface area contributed by atoms with Crippen LogP contribution in [0.25, 0.3) is 0 Å². The number of Topliss-reactive ketones (excluding diaryl/α,β-unsaturated/α-hetero) is 1. The molecular weight excluding hydrogens is 244 g/mol. The summed E-state index contributed by atoms with van der Waals surface area (Å²) in [5.74, 6) is 0.299. The zero-order valence-electron chi connectivity index (χ0n) is 13.2. The summed E-state index contributed by atoms with van der Waals surface area (Å²) in [5.41, 5.74) is 0. The minimum atomic E-state index is 0.299. The Morgan fingerprint density at radius 1 is 0.750 bits per heavy atom. The lowest BCUT2D eigenvalue weighted by Crippen LogP contribution is -1.88. The van der Waals surface area contributed by atoms with Gasteiger partial charge in [0.05, 0.1) is 0 Å². The Bertz CT molecular complexity index is 332. The third-order valence-electron chi connectivity index (χ3n) is 2.94. The maximum absolute atomic E-state index is 10.7. The molecule has 0 spiro atoms. The van der Waals surface area contributed by atoms with Crippen molar-refractivity contribution in [1.82, 2.24) is 0 Å². The Labute approximate surface area is 125 Å². The highest BCUT2D eigenvalue weighted by Gasteiger charge is 1.90. The Morgan fingerprint density at radius 3 is 1.90 bits per heavy atom. The summed E-state index contributed by atoms with van der Waals surface area (Å²) in [4.78, 5) is 10.7. The van der Waals surface area contributed by atoms with Gasteiger partial charge in [0, 0.05) is 6.42 Å². The molecule has 0 aromatic heterocycles. The van der Waals surface area contributed by atoms with Crippen LogP contribution in [0.1, 0.15) is 65.2 Å². The molecule has 0 amide bonds. The SMILES string of the molecule is C/C=C/CC/C=C/CC/C=C/C=C/CCCCC(C)=O. The van der Waals surface area contributed by atoms with Crippen molar-refractivity contribution in [3.8, 4) is 0 Å². The van der Waals surface area contributed by atoms with Gasteiger partial charge in [0.15, 0.2) is 0 Å². The van der Waals surface area contributed by atoms with E-state index >= 15 is 0 Å². The van der Waals surface area contributed by atoms with Crippen molar-refractivity contribution >= 4 is 5.78 Å². The van der Waals surface area contributed by atoms with E-state index in [1.165, 1.54) is 0 Å². The van der Waals surface area contributed by atoms with E-state index in [1.807, 2.05) is 0 Å². The molecule has 112 valence electrons. The Kier molecular flexibility index (Phi) is 14.6. The summed E-state index contributed by atoms with van der Waals surface area (Å²) >= 11 is 0. The second kappa shape index (κ2) is 15.7. The van der Waals surface area contributed by atoms with Gasteiger partial charge in [0.2, 0.25) is 0 Å². The van der Waals surface area contributed by atoms with E-state index in [0.717, 1.165) is 51.4 Å². The average Bonchev–Trinajstić information content (AvgIpc) is 2.43. The number of carbonyl (C=O) groups is 1. The van der Waals surface area contributed by atoms with Crippen LogP contribution in [0.2, 0.25) is 0 Å². The minimum absolute atomic E-state index is 0.299. The first-order valence-corrected chi connectivity index (χ1v) is 7.84. The van der Waals surface area contributed by atoms with Crippen LogP contribution in [0.15, 0.2) is 48.6 Å². The molecule has 0 unspecified atom stereocenters. The number of allylic oxidation sites excluding steroid dienone is 8. The van der Waals surface area contributed by atoms with Gasteiger partial charge in [-0.3, -0.25) is 0 Å². The van der Waals surface area contributed by atoms with E-state index < -0.39 is 0 Å². The lowest BCUT2D eigenvalue weighted by molar-refractivity contribution is -0.117. The molecule has 1 heteroatoms. The van der Waals surface area contributed by atoms with Gasteiger partial charge in [0.1, 0.15) is 5.78 Å². The Morgan fingerprint density at radius 2 is 1.30 bits per heavy atom. The standard InChI is InChI=1S/C19H30O/c1-3-4-5-6-7-8-9-10-11-12-13-14-15-16-17-18-19(2)20/h3-4,7-8,11-14H,5-6,9-10,15-18H2,1-2H3/b4-3+,8-7+,12-11+,14-13+. The van der Waals surface area contributed by atoms with Crippen molar-refractivity contribution in [3.63, 3.8) is 0 Å².